The quantitative estimate of drug-likeness (QED) is 0.842. The third kappa shape index (κ3) is 2.45. The minimum Gasteiger partial charge on any atom is -0.385 e. The first-order chi connectivity index (χ1) is 9.46. The SMILES string of the molecule is Cc1ccc2cc(C3(O)CC(C)CC(C)C3)ccc2n1. The molecule has 1 saturated carbocycles. The van der Waals surface area contributed by atoms with Gasteiger partial charge in [-0.1, -0.05) is 26.0 Å². The van der Waals surface area contributed by atoms with Crippen LogP contribution in [0.2, 0.25) is 0 Å². The molecule has 1 heterocycles. The van der Waals surface area contributed by atoms with Crippen LogP contribution in [-0.2, 0) is 5.60 Å². The van der Waals surface area contributed by atoms with Crippen LogP contribution in [0.15, 0.2) is 30.3 Å². The first-order valence-electron chi connectivity index (χ1n) is 7.56. The summed E-state index contributed by atoms with van der Waals surface area (Å²) in [7, 11) is 0. The highest BCUT2D eigenvalue weighted by molar-refractivity contribution is 5.79. The lowest BCUT2D eigenvalue weighted by atomic mass is 9.70. The van der Waals surface area contributed by atoms with Crippen molar-refractivity contribution in [2.24, 2.45) is 11.8 Å². The van der Waals surface area contributed by atoms with Crippen LogP contribution >= 0.6 is 0 Å². The van der Waals surface area contributed by atoms with Gasteiger partial charge in [0.05, 0.1) is 11.1 Å². The van der Waals surface area contributed by atoms with E-state index in [1.165, 1.54) is 6.42 Å². The van der Waals surface area contributed by atoms with Crippen LogP contribution in [-0.4, -0.2) is 10.1 Å². The van der Waals surface area contributed by atoms with Gasteiger partial charge in [-0.05, 0) is 61.8 Å². The second-order valence-electron chi connectivity index (χ2n) is 6.75. The van der Waals surface area contributed by atoms with E-state index in [0.717, 1.165) is 35.0 Å². The van der Waals surface area contributed by atoms with Crippen molar-refractivity contribution in [1.29, 1.82) is 0 Å². The summed E-state index contributed by atoms with van der Waals surface area (Å²) in [4.78, 5) is 4.53. The minimum absolute atomic E-state index is 0.579. The predicted molar refractivity (Wildman–Crippen MR) is 82.6 cm³/mol. The Kier molecular flexibility index (Phi) is 3.29. The lowest BCUT2D eigenvalue weighted by molar-refractivity contribution is -0.0361. The highest BCUT2D eigenvalue weighted by atomic mass is 16.3. The molecule has 0 saturated heterocycles. The summed E-state index contributed by atoms with van der Waals surface area (Å²) in [5.74, 6) is 1.16. The molecule has 1 N–H and O–H groups in total. The highest BCUT2D eigenvalue weighted by Crippen LogP contribution is 2.42. The van der Waals surface area contributed by atoms with Gasteiger partial charge in [-0.2, -0.15) is 0 Å². The molecule has 2 heteroatoms. The van der Waals surface area contributed by atoms with Crippen LogP contribution in [0.5, 0.6) is 0 Å². The van der Waals surface area contributed by atoms with Crippen molar-refractivity contribution in [3.8, 4) is 0 Å². The lowest BCUT2D eigenvalue weighted by Crippen LogP contribution is -2.35. The highest BCUT2D eigenvalue weighted by Gasteiger charge is 2.37. The van der Waals surface area contributed by atoms with E-state index in [0.29, 0.717) is 11.8 Å². The third-order valence-corrected chi connectivity index (χ3v) is 4.54. The Morgan fingerprint density at radius 2 is 1.80 bits per heavy atom. The Hall–Kier alpha value is -1.41. The van der Waals surface area contributed by atoms with Gasteiger partial charge in [0, 0.05) is 11.1 Å². The first-order valence-corrected chi connectivity index (χ1v) is 7.56. The maximum absolute atomic E-state index is 11.1. The number of nitrogens with zero attached hydrogens (tertiary/aromatic N) is 1. The molecule has 1 aliphatic carbocycles. The second kappa shape index (κ2) is 4.85. The fourth-order valence-electron chi connectivity index (χ4n) is 3.84. The summed E-state index contributed by atoms with van der Waals surface area (Å²) in [6.07, 6.45) is 2.95. The topological polar surface area (TPSA) is 33.1 Å². The molecule has 1 aromatic heterocycles. The number of aryl methyl sites for hydroxylation is 1. The van der Waals surface area contributed by atoms with Gasteiger partial charge in [0.2, 0.25) is 0 Å². The van der Waals surface area contributed by atoms with Crippen molar-refractivity contribution < 1.29 is 5.11 Å². The van der Waals surface area contributed by atoms with E-state index in [1.807, 2.05) is 19.1 Å². The van der Waals surface area contributed by atoms with E-state index in [9.17, 15) is 5.11 Å². The Morgan fingerprint density at radius 1 is 1.10 bits per heavy atom. The molecule has 0 aliphatic heterocycles. The number of rotatable bonds is 1. The summed E-state index contributed by atoms with van der Waals surface area (Å²) >= 11 is 0. The average Bonchev–Trinajstić information content (AvgIpc) is 2.36. The molecule has 0 radical (unpaired) electrons. The van der Waals surface area contributed by atoms with Gasteiger partial charge in [-0.25, -0.2) is 0 Å². The van der Waals surface area contributed by atoms with E-state index in [-0.39, 0.29) is 0 Å². The average molecular weight is 269 g/mol. The van der Waals surface area contributed by atoms with Crippen molar-refractivity contribution in [1.82, 2.24) is 4.98 Å². The molecule has 0 bridgehead atoms. The van der Waals surface area contributed by atoms with E-state index >= 15 is 0 Å². The van der Waals surface area contributed by atoms with Gasteiger partial charge in [-0.15, -0.1) is 0 Å². The molecule has 2 aromatic rings. The standard InChI is InChI=1S/C18H23NO/c1-12-8-13(2)11-18(20,10-12)16-6-7-17-15(9-16)5-4-14(3)19-17/h4-7,9,12-13,20H,8,10-11H2,1-3H3. The minimum atomic E-state index is -0.670. The zero-order chi connectivity index (χ0) is 14.3. The van der Waals surface area contributed by atoms with Gasteiger partial charge in [0.1, 0.15) is 0 Å². The molecule has 106 valence electrons. The maximum atomic E-state index is 11.1. The second-order valence-corrected chi connectivity index (χ2v) is 6.75. The van der Waals surface area contributed by atoms with Crippen LogP contribution in [0.4, 0.5) is 0 Å². The molecule has 1 fully saturated rings. The summed E-state index contributed by atoms with van der Waals surface area (Å²) in [5, 5.41) is 12.2. The summed E-state index contributed by atoms with van der Waals surface area (Å²) < 4.78 is 0. The number of pyridine rings is 1. The Morgan fingerprint density at radius 3 is 2.50 bits per heavy atom. The number of aromatic nitrogens is 1. The molecular formula is C18H23NO. The largest absolute Gasteiger partial charge is 0.385 e. The number of hydrogen-bond acceptors (Lipinski definition) is 2. The van der Waals surface area contributed by atoms with Crippen molar-refractivity contribution in [2.45, 2.75) is 45.6 Å². The molecule has 3 rings (SSSR count). The summed E-state index contributed by atoms with van der Waals surface area (Å²) in [5.41, 5.74) is 2.42. The smallest absolute Gasteiger partial charge is 0.0901 e. The number of benzene rings is 1. The molecule has 0 amide bonds. The maximum Gasteiger partial charge on any atom is 0.0901 e. The Labute approximate surface area is 120 Å². The predicted octanol–water partition coefficient (Wildman–Crippen LogP) is 4.19. The summed E-state index contributed by atoms with van der Waals surface area (Å²) in [6.45, 7) is 6.49. The van der Waals surface area contributed by atoms with E-state index in [2.05, 4.69) is 37.0 Å². The Balaban J connectivity index is 2.02. The molecule has 20 heavy (non-hydrogen) atoms. The number of aliphatic hydroxyl groups is 1. The van der Waals surface area contributed by atoms with E-state index in [1.54, 1.807) is 0 Å². The monoisotopic (exact) mass is 269 g/mol. The summed E-state index contributed by atoms with van der Waals surface area (Å²) in [6, 6.07) is 10.3. The van der Waals surface area contributed by atoms with Gasteiger partial charge in [0.25, 0.3) is 0 Å². The van der Waals surface area contributed by atoms with E-state index in [4.69, 9.17) is 0 Å². The zero-order valence-corrected chi connectivity index (χ0v) is 12.6. The number of hydrogen-bond donors (Lipinski definition) is 1. The molecule has 0 spiro atoms. The van der Waals surface area contributed by atoms with Crippen LogP contribution in [0, 0.1) is 18.8 Å². The third-order valence-electron chi connectivity index (χ3n) is 4.54. The molecule has 2 nitrogen and oxygen atoms in total. The number of fused-ring (bicyclic) bond motifs is 1. The van der Waals surface area contributed by atoms with Gasteiger partial charge < -0.3 is 5.11 Å². The van der Waals surface area contributed by atoms with Crippen LogP contribution in [0.3, 0.4) is 0 Å². The van der Waals surface area contributed by atoms with Crippen LogP contribution < -0.4 is 0 Å². The normalized spacial score (nSPS) is 30.6. The van der Waals surface area contributed by atoms with Crippen molar-refractivity contribution >= 4 is 10.9 Å². The molecule has 1 aromatic carbocycles. The van der Waals surface area contributed by atoms with Gasteiger partial charge >= 0.3 is 0 Å². The van der Waals surface area contributed by atoms with Crippen molar-refractivity contribution in [3.63, 3.8) is 0 Å². The van der Waals surface area contributed by atoms with Crippen LogP contribution in [0.25, 0.3) is 10.9 Å². The molecule has 2 atom stereocenters. The van der Waals surface area contributed by atoms with Crippen molar-refractivity contribution in [2.75, 3.05) is 0 Å². The lowest BCUT2D eigenvalue weighted by Gasteiger charge is -2.39. The fraction of sp³-hybridized carbons (Fsp3) is 0.500. The van der Waals surface area contributed by atoms with Crippen LogP contribution in [0.1, 0.15) is 44.4 Å². The fourth-order valence-corrected chi connectivity index (χ4v) is 3.84. The molecule has 1 aliphatic rings. The molecule has 2 unspecified atom stereocenters. The Bertz CT molecular complexity index is 624. The zero-order valence-electron chi connectivity index (χ0n) is 12.6. The van der Waals surface area contributed by atoms with Gasteiger partial charge in [0.15, 0.2) is 0 Å². The first kappa shape index (κ1) is 13.6. The van der Waals surface area contributed by atoms with Gasteiger partial charge in [-0.3, -0.25) is 4.98 Å². The van der Waals surface area contributed by atoms with E-state index < -0.39 is 5.60 Å². The molecular weight excluding hydrogens is 246 g/mol. The van der Waals surface area contributed by atoms with Crippen molar-refractivity contribution in [3.05, 3.63) is 41.6 Å².